The molecule has 2 aromatic rings. The van der Waals surface area contributed by atoms with Gasteiger partial charge in [0.15, 0.2) is 0 Å². The Morgan fingerprint density at radius 3 is 3.11 bits per heavy atom. The summed E-state index contributed by atoms with van der Waals surface area (Å²) in [5, 5.41) is 3.93. The van der Waals surface area contributed by atoms with Gasteiger partial charge in [0, 0.05) is 12.6 Å². The predicted octanol–water partition coefficient (Wildman–Crippen LogP) is 2.81. The number of thiazole rings is 1. The van der Waals surface area contributed by atoms with Gasteiger partial charge >= 0.3 is 0 Å². The van der Waals surface area contributed by atoms with Crippen LogP contribution >= 0.6 is 11.3 Å². The highest BCUT2D eigenvalue weighted by molar-refractivity contribution is 7.13. The van der Waals surface area contributed by atoms with Crippen molar-refractivity contribution in [1.82, 2.24) is 15.1 Å². The molecule has 0 bridgehead atoms. The molecular weight excluding hydrogens is 250 g/mol. The molecule has 0 saturated heterocycles. The van der Waals surface area contributed by atoms with Gasteiger partial charge in [-0.05, 0) is 12.8 Å². The maximum absolute atomic E-state index is 12.0. The van der Waals surface area contributed by atoms with E-state index in [4.69, 9.17) is 4.52 Å². The number of hydrogen-bond acceptors (Lipinski definition) is 6. The summed E-state index contributed by atoms with van der Waals surface area (Å²) < 4.78 is 5.25. The van der Waals surface area contributed by atoms with Crippen molar-refractivity contribution in [3.8, 4) is 10.7 Å². The third kappa shape index (κ3) is 2.20. The van der Waals surface area contributed by atoms with Gasteiger partial charge in [-0.3, -0.25) is 9.78 Å². The van der Waals surface area contributed by atoms with E-state index in [9.17, 15) is 4.79 Å². The van der Waals surface area contributed by atoms with Gasteiger partial charge in [0.2, 0.25) is 11.7 Å². The fraction of sp³-hybridized carbons (Fsp3) is 0.500. The standard InChI is InChI=1S/C12H13N3O2S/c16-9-5-3-1-2-4-8(9)12-14-11(15-17-12)10-6-13-7-18-10/h6-8H,1-5H2. The fourth-order valence-corrected chi connectivity index (χ4v) is 2.77. The van der Waals surface area contributed by atoms with Crippen LogP contribution < -0.4 is 0 Å². The first-order valence-electron chi connectivity index (χ1n) is 6.10. The molecule has 1 saturated carbocycles. The molecule has 3 rings (SSSR count). The van der Waals surface area contributed by atoms with Gasteiger partial charge in [0.1, 0.15) is 5.78 Å². The SMILES string of the molecule is O=C1CCCCCC1c1nc(-c2cncs2)no1. The largest absolute Gasteiger partial charge is 0.338 e. The Labute approximate surface area is 108 Å². The molecule has 1 fully saturated rings. The predicted molar refractivity (Wildman–Crippen MR) is 66.2 cm³/mol. The van der Waals surface area contributed by atoms with E-state index >= 15 is 0 Å². The van der Waals surface area contributed by atoms with Gasteiger partial charge in [0.05, 0.1) is 16.3 Å². The van der Waals surface area contributed by atoms with E-state index in [1.807, 2.05) is 0 Å². The summed E-state index contributed by atoms with van der Waals surface area (Å²) in [7, 11) is 0. The number of ketones is 1. The molecule has 1 aliphatic rings. The summed E-state index contributed by atoms with van der Waals surface area (Å²) in [6, 6.07) is 0. The normalized spacial score (nSPS) is 20.9. The van der Waals surface area contributed by atoms with E-state index in [1.165, 1.54) is 11.3 Å². The lowest BCUT2D eigenvalue weighted by atomic mass is 9.99. The van der Waals surface area contributed by atoms with Crippen molar-refractivity contribution < 1.29 is 9.32 Å². The lowest BCUT2D eigenvalue weighted by Gasteiger charge is -2.05. The minimum Gasteiger partial charge on any atom is -0.338 e. The smallest absolute Gasteiger partial charge is 0.237 e. The molecule has 2 heterocycles. The van der Waals surface area contributed by atoms with E-state index in [2.05, 4.69) is 15.1 Å². The molecular formula is C12H13N3O2S. The van der Waals surface area contributed by atoms with Crippen molar-refractivity contribution in [2.75, 3.05) is 0 Å². The highest BCUT2D eigenvalue weighted by Gasteiger charge is 2.28. The van der Waals surface area contributed by atoms with Crippen LogP contribution in [-0.2, 0) is 4.79 Å². The molecule has 1 atom stereocenters. The molecule has 0 aromatic carbocycles. The number of nitrogens with zero attached hydrogens (tertiary/aromatic N) is 3. The van der Waals surface area contributed by atoms with Gasteiger partial charge in [-0.25, -0.2) is 0 Å². The van der Waals surface area contributed by atoms with E-state index in [0.29, 0.717) is 18.1 Å². The molecule has 6 heteroatoms. The van der Waals surface area contributed by atoms with Crippen LogP contribution in [0.2, 0.25) is 0 Å². The zero-order valence-corrected chi connectivity index (χ0v) is 10.7. The third-order valence-electron chi connectivity index (χ3n) is 3.20. The maximum Gasteiger partial charge on any atom is 0.237 e. The number of aromatic nitrogens is 3. The molecule has 0 spiro atoms. The highest BCUT2D eigenvalue weighted by Crippen LogP contribution is 2.29. The Hall–Kier alpha value is -1.56. The number of Topliss-reactive ketones (excluding diaryl/α,β-unsaturated/α-hetero) is 1. The molecule has 0 aliphatic heterocycles. The Morgan fingerprint density at radius 2 is 2.28 bits per heavy atom. The zero-order valence-electron chi connectivity index (χ0n) is 9.83. The number of hydrogen-bond donors (Lipinski definition) is 0. The first kappa shape index (κ1) is 11.5. The molecule has 94 valence electrons. The molecule has 2 aromatic heterocycles. The van der Waals surface area contributed by atoms with Crippen LogP contribution in [0.4, 0.5) is 0 Å². The van der Waals surface area contributed by atoms with Crippen LogP contribution in [0.25, 0.3) is 10.7 Å². The van der Waals surface area contributed by atoms with Crippen LogP contribution in [-0.4, -0.2) is 20.9 Å². The lowest BCUT2D eigenvalue weighted by molar-refractivity contribution is -0.120. The Morgan fingerprint density at radius 1 is 1.33 bits per heavy atom. The fourth-order valence-electron chi connectivity index (χ4n) is 2.22. The van der Waals surface area contributed by atoms with Gasteiger partial charge in [-0.2, -0.15) is 4.98 Å². The Bertz CT molecular complexity index is 535. The van der Waals surface area contributed by atoms with Crippen molar-refractivity contribution in [3.05, 3.63) is 17.6 Å². The lowest BCUT2D eigenvalue weighted by Crippen LogP contribution is -2.10. The Kier molecular flexibility index (Phi) is 3.19. The van der Waals surface area contributed by atoms with Crippen LogP contribution in [0, 0.1) is 0 Å². The summed E-state index contributed by atoms with van der Waals surface area (Å²) >= 11 is 1.46. The van der Waals surface area contributed by atoms with Crippen molar-refractivity contribution in [1.29, 1.82) is 0 Å². The number of carbonyl (C=O) groups is 1. The second-order valence-corrected chi connectivity index (χ2v) is 5.33. The molecule has 0 radical (unpaired) electrons. The second-order valence-electron chi connectivity index (χ2n) is 4.44. The first-order valence-corrected chi connectivity index (χ1v) is 6.98. The van der Waals surface area contributed by atoms with Gasteiger partial charge in [-0.15, -0.1) is 11.3 Å². The van der Waals surface area contributed by atoms with Gasteiger partial charge in [-0.1, -0.05) is 18.0 Å². The van der Waals surface area contributed by atoms with Crippen molar-refractivity contribution in [2.24, 2.45) is 0 Å². The molecule has 0 N–H and O–H groups in total. The summed E-state index contributed by atoms with van der Waals surface area (Å²) in [4.78, 5) is 21.2. The van der Waals surface area contributed by atoms with E-state index in [1.54, 1.807) is 11.7 Å². The molecule has 18 heavy (non-hydrogen) atoms. The summed E-state index contributed by atoms with van der Waals surface area (Å²) in [6.45, 7) is 0. The average molecular weight is 263 g/mol. The summed E-state index contributed by atoms with van der Waals surface area (Å²) in [5.41, 5.74) is 1.72. The highest BCUT2D eigenvalue weighted by atomic mass is 32.1. The second kappa shape index (κ2) is 4.97. The van der Waals surface area contributed by atoms with Gasteiger partial charge < -0.3 is 4.52 Å². The topological polar surface area (TPSA) is 68.9 Å². The van der Waals surface area contributed by atoms with E-state index in [-0.39, 0.29) is 11.7 Å². The number of rotatable bonds is 2. The van der Waals surface area contributed by atoms with E-state index < -0.39 is 0 Å². The first-order chi connectivity index (χ1) is 8.84. The maximum atomic E-state index is 12.0. The van der Waals surface area contributed by atoms with Crippen molar-refractivity contribution in [3.63, 3.8) is 0 Å². The monoisotopic (exact) mass is 263 g/mol. The van der Waals surface area contributed by atoms with Crippen molar-refractivity contribution in [2.45, 2.75) is 38.0 Å². The summed E-state index contributed by atoms with van der Waals surface area (Å²) in [6.07, 6.45) is 6.29. The van der Waals surface area contributed by atoms with Crippen LogP contribution in [0.1, 0.15) is 43.9 Å². The van der Waals surface area contributed by atoms with E-state index in [0.717, 1.165) is 30.6 Å². The molecule has 5 nitrogen and oxygen atoms in total. The molecule has 1 unspecified atom stereocenters. The third-order valence-corrected chi connectivity index (χ3v) is 3.97. The van der Waals surface area contributed by atoms with Crippen molar-refractivity contribution >= 4 is 17.1 Å². The van der Waals surface area contributed by atoms with Crippen LogP contribution in [0.15, 0.2) is 16.2 Å². The van der Waals surface area contributed by atoms with Gasteiger partial charge in [0.25, 0.3) is 0 Å². The Balaban J connectivity index is 1.86. The average Bonchev–Trinajstić information content (AvgIpc) is 3.00. The summed E-state index contributed by atoms with van der Waals surface area (Å²) in [5.74, 6) is 1.02. The minimum atomic E-state index is -0.207. The van der Waals surface area contributed by atoms with Crippen LogP contribution in [0.5, 0.6) is 0 Å². The number of carbonyl (C=O) groups excluding carboxylic acids is 1. The van der Waals surface area contributed by atoms with Crippen LogP contribution in [0.3, 0.4) is 0 Å². The quantitative estimate of drug-likeness (QED) is 0.779. The molecule has 0 amide bonds. The zero-order chi connectivity index (χ0) is 12.4. The molecule has 1 aliphatic carbocycles. The minimum absolute atomic E-state index is 0.207.